The third-order valence-corrected chi connectivity index (χ3v) is 3.07. The Kier molecular flexibility index (Phi) is 5.16. The van der Waals surface area contributed by atoms with E-state index in [2.05, 4.69) is 0 Å². The second-order valence-corrected chi connectivity index (χ2v) is 4.98. The summed E-state index contributed by atoms with van der Waals surface area (Å²) in [7, 11) is 0. The molecule has 0 saturated heterocycles. The summed E-state index contributed by atoms with van der Waals surface area (Å²) in [6.07, 6.45) is 1.28. The summed E-state index contributed by atoms with van der Waals surface area (Å²) >= 11 is 0. The summed E-state index contributed by atoms with van der Waals surface area (Å²) in [4.78, 5) is 0. The molecule has 1 aromatic rings. The molecule has 0 spiro atoms. The maximum absolute atomic E-state index is 8.97. The van der Waals surface area contributed by atoms with Crippen LogP contribution in [0.15, 0.2) is 24.3 Å². The van der Waals surface area contributed by atoms with E-state index in [9.17, 15) is 0 Å². The van der Waals surface area contributed by atoms with Crippen LogP contribution < -0.4 is 10.5 Å². The Morgan fingerprint density at radius 2 is 2.06 bits per heavy atom. The van der Waals surface area contributed by atoms with Crippen molar-refractivity contribution in [1.82, 2.24) is 0 Å². The van der Waals surface area contributed by atoms with Crippen LogP contribution in [0.1, 0.15) is 25.8 Å². The predicted octanol–water partition coefficient (Wildman–Crippen LogP) is 1.95. The van der Waals surface area contributed by atoms with Gasteiger partial charge in [-0.2, -0.15) is 0 Å². The van der Waals surface area contributed by atoms with Gasteiger partial charge in [0.2, 0.25) is 0 Å². The van der Waals surface area contributed by atoms with Crippen LogP contribution in [0.2, 0.25) is 0 Å². The molecule has 1 aromatic carbocycles. The maximum Gasteiger partial charge on any atom is 0.122 e. The second kappa shape index (κ2) is 6.40. The zero-order valence-electron chi connectivity index (χ0n) is 11.1. The number of amidine groups is 1. The van der Waals surface area contributed by atoms with Gasteiger partial charge in [0.05, 0.1) is 12.4 Å². The molecule has 0 fully saturated rings. The van der Waals surface area contributed by atoms with Crippen molar-refractivity contribution in [3.63, 3.8) is 0 Å². The normalized spacial score (nSPS) is 11.3. The first kappa shape index (κ1) is 14.5. The van der Waals surface area contributed by atoms with E-state index in [1.807, 2.05) is 38.1 Å². The molecule has 1 rings (SSSR count). The van der Waals surface area contributed by atoms with Crippen molar-refractivity contribution in [3.05, 3.63) is 29.8 Å². The van der Waals surface area contributed by atoms with Crippen LogP contribution in [0, 0.1) is 10.8 Å². The number of hydrogen-bond acceptors (Lipinski definition) is 3. The minimum atomic E-state index is -0.341. The fourth-order valence-electron chi connectivity index (χ4n) is 1.52. The molecule has 0 heterocycles. The molecule has 0 atom stereocenters. The van der Waals surface area contributed by atoms with Crippen LogP contribution in [0.25, 0.3) is 0 Å². The summed E-state index contributed by atoms with van der Waals surface area (Å²) in [5.41, 5.74) is 6.18. The van der Waals surface area contributed by atoms with Crippen molar-refractivity contribution >= 4 is 5.84 Å². The van der Waals surface area contributed by atoms with Gasteiger partial charge in [-0.15, -0.1) is 0 Å². The minimum absolute atomic E-state index is 0.110. The van der Waals surface area contributed by atoms with Gasteiger partial charge in [0.1, 0.15) is 5.75 Å². The molecule has 4 nitrogen and oxygen atoms in total. The average molecular weight is 250 g/mol. The van der Waals surface area contributed by atoms with Gasteiger partial charge in [-0.3, -0.25) is 5.41 Å². The van der Waals surface area contributed by atoms with Gasteiger partial charge in [0.15, 0.2) is 0 Å². The average Bonchev–Trinajstić information content (AvgIpc) is 2.31. The quantitative estimate of drug-likeness (QED) is 0.511. The Morgan fingerprint density at radius 1 is 1.39 bits per heavy atom. The summed E-state index contributed by atoms with van der Waals surface area (Å²) in [6, 6.07) is 7.68. The lowest BCUT2D eigenvalue weighted by atomic mass is 9.88. The molecular formula is C14H22N2O2. The van der Waals surface area contributed by atoms with Crippen LogP contribution >= 0.6 is 0 Å². The van der Waals surface area contributed by atoms with Crippen LogP contribution in [-0.4, -0.2) is 24.2 Å². The van der Waals surface area contributed by atoms with Crippen molar-refractivity contribution in [2.24, 2.45) is 11.1 Å². The monoisotopic (exact) mass is 250 g/mol. The Bertz CT molecular complexity index is 403. The lowest BCUT2D eigenvalue weighted by Crippen LogP contribution is -2.32. The highest BCUT2D eigenvalue weighted by molar-refractivity contribution is 5.82. The molecule has 18 heavy (non-hydrogen) atoms. The van der Waals surface area contributed by atoms with Gasteiger partial charge in [-0.25, -0.2) is 0 Å². The maximum atomic E-state index is 8.97. The SMILES string of the molecule is CC(C)(CCOc1ccccc1CCO)C(=N)N. The molecule has 0 radical (unpaired) electrons. The smallest absolute Gasteiger partial charge is 0.122 e. The minimum Gasteiger partial charge on any atom is -0.493 e. The number of ether oxygens (including phenoxy) is 1. The van der Waals surface area contributed by atoms with Crippen molar-refractivity contribution < 1.29 is 9.84 Å². The molecule has 0 aliphatic rings. The Balaban J connectivity index is 2.56. The molecule has 100 valence electrons. The topological polar surface area (TPSA) is 79.3 Å². The first-order chi connectivity index (χ1) is 8.47. The predicted molar refractivity (Wildman–Crippen MR) is 73.0 cm³/mol. The molecule has 0 saturated carbocycles. The fraction of sp³-hybridized carbons (Fsp3) is 0.500. The van der Waals surface area contributed by atoms with Gasteiger partial charge in [-0.1, -0.05) is 32.0 Å². The number of aliphatic hydroxyl groups is 1. The van der Waals surface area contributed by atoms with Gasteiger partial charge in [0, 0.05) is 12.0 Å². The third kappa shape index (κ3) is 4.04. The van der Waals surface area contributed by atoms with E-state index in [4.69, 9.17) is 21.0 Å². The lowest BCUT2D eigenvalue weighted by molar-refractivity contribution is 0.261. The molecule has 4 N–H and O–H groups in total. The molecule has 4 heteroatoms. The van der Waals surface area contributed by atoms with E-state index in [-0.39, 0.29) is 17.9 Å². The fourth-order valence-corrected chi connectivity index (χ4v) is 1.52. The van der Waals surface area contributed by atoms with Gasteiger partial charge in [0.25, 0.3) is 0 Å². The number of aliphatic hydroxyl groups excluding tert-OH is 1. The Morgan fingerprint density at radius 3 is 2.67 bits per heavy atom. The molecule has 0 aliphatic carbocycles. The number of hydrogen-bond donors (Lipinski definition) is 3. The lowest BCUT2D eigenvalue weighted by Gasteiger charge is -2.23. The third-order valence-electron chi connectivity index (χ3n) is 3.07. The van der Waals surface area contributed by atoms with E-state index in [0.29, 0.717) is 19.4 Å². The van der Waals surface area contributed by atoms with Crippen LogP contribution in [0.3, 0.4) is 0 Å². The number of nitrogens with one attached hydrogen (secondary N) is 1. The number of para-hydroxylation sites is 1. The van der Waals surface area contributed by atoms with Gasteiger partial charge in [-0.05, 0) is 24.5 Å². The molecular weight excluding hydrogens is 228 g/mol. The van der Waals surface area contributed by atoms with Crippen LogP contribution in [0.5, 0.6) is 5.75 Å². The summed E-state index contributed by atoms with van der Waals surface area (Å²) in [6.45, 7) is 4.48. The number of benzene rings is 1. The van der Waals surface area contributed by atoms with Crippen molar-refractivity contribution in [2.75, 3.05) is 13.2 Å². The number of nitrogens with two attached hydrogens (primary N) is 1. The van der Waals surface area contributed by atoms with Crippen molar-refractivity contribution in [2.45, 2.75) is 26.7 Å². The van der Waals surface area contributed by atoms with Crippen LogP contribution in [-0.2, 0) is 6.42 Å². The van der Waals surface area contributed by atoms with E-state index in [1.165, 1.54) is 0 Å². The summed E-state index contributed by atoms with van der Waals surface area (Å²) in [5.74, 6) is 0.973. The summed E-state index contributed by atoms with van der Waals surface area (Å²) in [5, 5.41) is 16.4. The zero-order chi connectivity index (χ0) is 13.6. The highest BCUT2D eigenvalue weighted by atomic mass is 16.5. The molecule has 0 unspecified atom stereocenters. The van der Waals surface area contributed by atoms with E-state index in [0.717, 1.165) is 11.3 Å². The highest BCUT2D eigenvalue weighted by Gasteiger charge is 2.21. The first-order valence-electron chi connectivity index (χ1n) is 6.13. The van der Waals surface area contributed by atoms with Gasteiger partial charge >= 0.3 is 0 Å². The molecule has 0 aromatic heterocycles. The molecule has 0 amide bonds. The molecule has 0 bridgehead atoms. The summed E-state index contributed by atoms with van der Waals surface area (Å²) < 4.78 is 5.71. The van der Waals surface area contributed by atoms with Crippen molar-refractivity contribution in [3.8, 4) is 5.75 Å². The van der Waals surface area contributed by atoms with Gasteiger partial charge < -0.3 is 15.6 Å². The van der Waals surface area contributed by atoms with Crippen LogP contribution in [0.4, 0.5) is 0 Å². The zero-order valence-corrected chi connectivity index (χ0v) is 11.1. The highest BCUT2D eigenvalue weighted by Crippen LogP contribution is 2.22. The first-order valence-corrected chi connectivity index (χ1v) is 6.13. The Hall–Kier alpha value is -1.55. The van der Waals surface area contributed by atoms with E-state index >= 15 is 0 Å². The second-order valence-electron chi connectivity index (χ2n) is 4.98. The standard InChI is InChI=1S/C14H22N2O2/c1-14(2,13(15)16)8-10-18-12-6-4-3-5-11(12)7-9-17/h3-6,17H,7-10H2,1-2H3,(H3,15,16). The largest absolute Gasteiger partial charge is 0.493 e. The van der Waals surface area contributed by atoms with E-state index in [1.54, 1.807) is 0 Å². The van der Waals surface area contributed by atoms with E-state index < -0.39 is 0 Å². The molecule has 0 aliphatic heterocycles. The Labute approximate surface area is 108 Å². The van der Waals surface area contributed by atoms with Crippen molar-refractivity contribution in [1.29, 1.82) is 5.41 Å². The number of rotatable bonds is 7.